The molecule has 0 amide bonds. The van der Waals surface area contributed by atoms with E-state index >= 15 is 0 Å². The Morgan fingerprint density at radius 2 is 2.44 bits per heavy atom. The maximum absolute atomic E-state index is 11.9. The van der Waals surface area contributed by atoms with E-state index in [9.17, 15) is 8.42 Å². The Labute approximate surface area is 94.4 Å². The minimum Gasteiger partial charge on any atom is -0.338 e. The van der Waals surface area contributed by atoms with Crippen molar-refractivity contribution in [3.63, 3.8) is 0 Å². The van der Waals surface area contributed by atoms with Gasteiger partial charge in [-0.05, 0) is 26.3 Å². The van der Waals surface area contributed by atoms with E-state index in [0.29, 0.717) is 18.7 Å². The first-order valence-corrected chi connectivity index (χ1v) is 6.78. The average Bonchev–Trinajstić information content (AvgIpc) is 2.64. The summed E-state index contributed by atoms with van der Waals surface area (Å²) in [6.07, 6.45) is 1.55. The smallest absolute Gasteiger partial charge is 0.239 e. The van der Waals surface area contributed by atoms with Crippen LogP contribution in [0.5, 0.6) is 0 Å². The third-order valence-electron chi connectivity index (χ3n) is 2.56. The maximum Gasteiger partial charge on any atom is 0.239 e. The Balaban J connectivity index is 2.07. The molecule has 7 heteroatoms. The molecule has 16 heavy (non-hydrogen) atoms. The molecule has 2 heterocycles. The van der Waals surface area contributed by atoms with Crippen molar-refractivity contribution in [2.45, 2.75) is 25.0 Å². The van der Waals surface area contributed by atoms with Gasteiger partial charge in [0.1, 0.15) is 0 Å². The van der Waals surface area contributed by atoms with Crippen LogP contribution in [0.4, 0.5) is 5.88 Å². The number of aryl methyl sites for hydroxylation is 1. The molecule has 2 rings (SSSR count). The topological polar surface area (TPSA) is 84.2 Å². The molecular weight excluding hydrogens is 230 g/mol. The molecule has 0 aliphatic carbocycles. The van der Waals surface area contributed by atoms with E-state index in [1.165, 1.54) is 0 Å². The molecular formula is C9H15N3O3S. The largest absolute Gasteiger partial charge is 0.338 e. The quantitative estimate of drug-likeness (QED) is 0.809. The Morgan fingerprint density at radius 1 is 1.62 bits per heavy atom. The molecule has 1 aromatic heterocycles. The van der Waals surface area contributed by atoms with Crippen LogP contribution in [0, 0.1) is 6.92 Å². The predicted octanol–water partition coefficient (Wildman–Crippen LogP) is 0.477. The van der Waals surface area contributed by atoms with Gasteiger partial charge in [-0.15, -0.1) is 0 Å². The zero-order chi connectivity index (χ0) is 11.6. The van der Waals surface area contributed by atoms with Crippen molar-refractivity contribution in [1.29, 1.82) is 0 Å². The molecule has 0 aromatic carbocycles. The highest BCUT2D eigenvalue weighted by Gasteiger charge is 2.27. The summed E-state index contributed by atoms with van der Waals surface area (Å²) in [5.74, 6) is 0.183. The van der Waals surface area contributed by atoms with E-state index in [2.05, 4.69) is 15.2 Å². The minimum atomic E-state index is -3.37. The third-order valence-corrected chi connectivity index (χ3v) is 4.33. The van der Waals surface area contributed by atoms with Crippen molar-refractivity contribution in [3.05, 3.63) is 11.8 Å². The van der Waals surface area contributed by atoms with Gasteiger partial charge < -0.3 is 9.84 Å². The Kier molecular flexibility index (Phi) is 3.15. The molecule has 6 nitrogen and oxygen atoms in total. The number of rotatable bonds is 3. The normalized spacial score (nSPS) is 21.9. The highest BCUT2D eigenvalue weighted by Crippen LogP contribution is 2.16. The van der Waals surface area contributed by atoms with E-state index in [1.807, 2.05) is 0 Å². The van der Waals surface area contributed by atoms with Crippen LogP contribution in [0.3, 0.4) is 0 Å². The lowest BCUT2D eigenvalue weighted by Gasteiger charge is -2.22. The van der Waals surface area contributed by atoms with E-state index in [1.54, 1.807) is 13.0 Å². The van der Waals surface area contributed by atoms with Gasteiger partial charge in [0.25, 0.3) is 0 Å². The monoisotopic (exact) mass is 245 g/mol. The fourth-order valence-electron chi connectivity index (χ4n) is 1.72. The second kappa shape index (κ2) is 4.42. The summed E-state index contributed by atoms with van der Waals surface area (Å²) < 4.78 is 31.1. The van der Waals surface area contributed by atoms with Crippen molar-refractivity contribution in [1.82, 2.24) is 10.5 Å². The van der Waals surface area contributed by atoms with Crippen molar-refractivity contribution in [2.75, 3.05) is 17.8 Å². The van der Waals surface area contributed by atoms with Gasteiger partial charge in [0, 0.05) is 12.6 Å². The summed E-state index contributed by atoms with van der Waals surface area (Å²) in [5.41, 5.74) is 0.652. The standard InChI is InChI=1S/C9H15N3O3S/c1-7-5-9(15-11-7)12-16(13,14)8-3-2-4-10-6-8/h5,8,10,12H,2-4,6H2,1H3. The molecule has 1 fully saturated rings. The van der Waals surface area contributed by atoms with Crippen LogP contribution < -0.4 is 10.0 Å². The van der Waals surface area contributed by atoms with Crippen LogP contribution in [-0.2, 0) is 10.0 Å². The lowest BCUT2D eigenvalue weighted by atomic mass is 10.2. The molecule has 0 spiro atoms. The average molecular weight is 245 g/mol. The fourth-order valence-corrected chi connectivity index (χ4v) is 3.08. The van der Waals surface area contributed by atoms with Gasteiger partial charge in [0.15, 0.2) is 0 Å². The molecule has 1 aliphatic heterocycles. The molecule has 1 aromatic rings. The summed E-state index contributed by atoms with van der Waals surface area (Å²) in [6.45, 7) is 3.11. The second-order valence-electron chi connectivity index (χ2n) is 3.95. The van der Waals surface area contributed by atoms with E-state index in [-0.39, 0.29) is 5.88 Å². The number of aromatic nitrogens is 1. The fraction of sp³-hybridized carbons (Fsp3) is 0.667. The Morgan fingerprint density at radius 3 is 3.00 bits per heavy atom. The van der Waals surface area contributed by atoms with Crippen molar-refractivity contribution in [2.24, 2.45) is 0 Å². The lowest BCUT2D eigenvalue weighted by Crippen LogP contribution is -2.41. The van der Waals surface area contributed by atoms with Gasteiger partial charge in [-0.2, -0.15) is 0 Å². The molecule has 1 unspecified atom stereocenters. The number of piperidine rings is 1. The third kappa shape index (κ3) is 2.53. The minimum absolute atomic E-state index is 0.183. The van der Waals surface area contributed by atoms with Gasteiger partial charge in [-0.1, -0.05) is 5.16 Å². The predicted molar refractivity (Wildman–Crippen MR) is 59.7 cm³/mol. The molecule has 1 aliphatic rings. The van der Waals surface area contributed by atoms with E-state index in [4.69, 9.17) is 4.52 Å². The summed E-state index contributed by atoms with van der Waals surface area (Å²) in [7, 11) is -3.37. The lowest BCUT2D eigenvalue weighted by molar-refractivity contribution is 0.429. The first-order chi connectivity index (χ1) is 7.58. The first kappa shape index (κ1) is 11.4. The number of nitrogens with one attached hydrogen (secondary N) is 2. The van der Waals surface area contributed by atoms with E-state index in [0.717, 1.165) is 13.0 Å². The Bertz CT molecular complexity index is 448. The van der Waals surface area contributed by atoms with Crippen molar-refractivity contribution < 1.29 is 12.9 Å². The molecule has 1 saturated heterocycles. The molecule has 1 atom stereocenters. The SMILES string of the molecule is Cc1cc(NS(=O)(=O)C2CCCNC2)on1. The van der Waals surface area contributed by atoms with Gasteiger partial charge >= 0.3 is 0 Å². The highest BCUT2D eigenvalue weighted by molar-refractivity contribution is 7.93. The second-order valence-corrected chi connectivity index (χ2v) is 5.91. The van der Waals surface area contributed by atoms with Gasteiger partial charge in [-0.3, -0.25) is 4.72 Å². The molecule has 2 N–H and O–H groups in total. The zero-order valence-corrected chi connectivity index (χ0v) is 9.88. The van der Waals surface area contributed by atoms with Gasteiger partial charge in [0.05, 0.1) is 10.9 Å². The van der Waals surface area contributed by atoms with E-state index < -0.39 is 15.3 Å². The molecule has 0 radical (unpaired) electrons. The summed E-state index contributed by atoms with van der Waals surface area (Å²) in [6, 6.07) is 1.56. The highest BCUT2D eigenvalue weighted by atomic mass is 32.2. The van der Waals surface area contributed by atoms with Crippen LogP contribution in [0.15, 0.2) is 10.6 Å². The van der Waals surface area contributed by atoms with Crippen LogP contribution in [-0.4, -0.2) is 31.9 Å². The van der Waals surface area contributed by atoms with Gasteiger partial charge in [0.2, 0.25) is 15.9 Å². The molecule has 90 valence electrons. The number of hydrogen-bond acceptors (Lipinski definition) is 5. The number of hydrogen-bond donors (Lipinski definition) is 2. The van der Waals surface area contributed by atoms with Crippen LogP contribution >= 0.6 is 0 Å². The van der Waals surface area contributed by atoms with Gasteiger partial charge in [-0.25, -0.2) is 8.42 Å². The first-order valence-electron chi connectivity index (χ1n) is 5.23. The Hall–Kier alpha value is -1.08. The number of sulfonamides is 1. The van der Waals surface area contributed by atoms with Crippen molar-refractivity contribution >= 4 is 15.9 Å². The van der Waals surface area contributed by atoms with Crippen molar-refractivity contribution in [3.8, 4) is 0 Å². The maximum atomic E-state index is 11.9. The molecule has 0 bridgehead atoms. The summed E-state index contributed by atoms with van der Waals surface area (Å²) in [4.78, 5) is 0. The number of anilines is 1. The summed E-state index contributed by atoms with van der Waals surface area (Å²) >= 11 is 0. The van der Waals surface area contributed by atoms with Crippen LogP contribution in [0.25, 0.3) is 0 Å². The summed E-state index contributed by atoms with van der Waals surface area (Å²) in [5, 5.41) is 6.30. The van der Waals surface area contributed by atoms with Crippen LogP contribution in [0.2, 0.25) is 0 Å². The molecule has 0 saturated carbocycles. The number of nitrogens with zero attached hydrogens (tertiary/aromatic N) is 1. The zero-order valence-electron chi connectivity index (χ0n) is 9.06. The van der Waals surface area contributed by atoms with Crippen LogP contribution in [0.1, 0.15) is 18.5 Å².